The molecule has 1 heterocycles. The largest absolute Gasteiger partial charge is 0.508 e. The Morgan fingerprint density at radius 1 is 1.00 bits per heavy atom. The molecule has 1 aromatic heterocycles. The lowest BCUT2D eigenvalue weighted by molar-refractivity contribution is -0.127. The fraction of sp³-hybridized carbons (Fsp3) is 0.286. The van der Waals surface area contributed by atoms with E-state index in [0.29, 0.717) is 16.6 Å². The third kappa shape index (κ3) is 5.30. The molecule has 1 saturated carbocycles. The summed E-state index contributed by atoms with van der Waals surface area (Å²) in [5.74, 6) is -1.54. The predicted molar refractivity (Wildman–Crippen MR) is 137 cm³/mol. The average Bonchev–Trinajstić information content (AvgIpc) is 3.31. The van der Waals surface area contributed by atoms with Crippen LogP contribution in [0, 0.1) is 5.82 Å². The summed E-state index contributed by atoms with van der Waals surface area (Å²) in [7, 11) is 0. The van der Waals surface area contributed by atoms with Gasteiger partial charge in [0.15, 0.2) is 0 Å². The van der Waals surface area contributed by atoms with Crippen LogP contribution in [-0.2, 0) is 16.1 Å². The first-order chi connectivity index (χ1) is 18.0. The van der Waals surface area contributed by atoms with Crippen molar-refractivity contribution in [3.8, 4) is 5.75 Å². The highest BCUT2D eigenvalue weighted by Gasteiger charge is 2.35. The lowest BCUT2D eigenvalue weighted by Gasteiger charge is -2.33. The molecule has 0 spiro atoms. The first kappa shape index (κ1) is 24.4. The van der Waals surface area contributed by atoms with Gasteiger partial charge < -0.3 is 10.4 Å². The van der Waals surface area contributed by atoms with Gasteiger partial charge in [-0.25, -0.2) is 9.07 Å². The molecule has 3 aromatic carbocycles. The number of aromatic hydroxyl groups is 1. The third-order valence-corrected chi connectivity index (χ3v) is 6.75. The Hall–Kier alpha value is -4.27. The van der Waals surface area contributed by atoms with E-state index in [4.69, 9.17) is 0 Å². The number of rotatable bonds is 7. The molecule has 5 rings (SSSR count). The van der Waals surface area contributed by atoms with Crippen LogP contribution in [0.2, 0.25) is 0 Å². The van der Waals surface area contributed by atoms with Gasteiger partial charge >= 0.3 is 0 Å². The van der Waals surface area contributed by atoms with E-state index in [1.807, 2.05) is 12.1 Å². The summed E-state index contributed by atoms with van der Waals surface area (Å²) in [5.41, 5.74) is 1.70. The average molecular weight is 502 g/mol. The molecular formula is C28H28FN5O3. The van der Waals surface area contributed by atoms with Crippen molar-refractivity contribution in [1.82, 2.24) is 20.3 Å². The van der Waals surface area contributed by atoms with Crippen LogP contribution < -0.4 is 10.2 Å². The highest BCUT2D eigenvalue weighted by molar-refractivity contribution is 6.01. The number of phenols is 1. The monoisotopic (exact) mass is 501 g/mol. The van der Waals surface area contributed by atoms with Gasteiger partial charge in [-0.05, 0) is 54.8 Å². The van der Waals surface area contributed by atoms with E-state index in [2.05, 4.69) is 15.6 Å². The topological polar surface area (TPSA) is 100 Å². The SMILES string of the molecule is O=C(NC1CCCCC1)[C@@H](c1ccc(O)cc1)N(C(=O)Cn1nnc2ccccc21)c1ccccc1F. The summed E-state index contributed by atoms with van der Waals surface area (Å²) < 4.78 is 16.6. The number of aromatic nitrogens is 3. The van der Waals surface area contributed by atoms with Gasteiger partial charge in [0.2, 0.25) is 11.8 Å². The molecule has 1 atom stereocenters. The number of carbonyl (C=O) groups excluding carboxylic acids is 2. The number of amides is 2. The summed E-state index contributed by atoms with van der Waals surface area (Å²) >= 11 is 0. The fourth-order valence-electron chi connectivity index (χ4n) is 4.90. The maximum absolute atomic E-state index is 15.2. The van der Waals surface area contributed by atoms with Gasteiger partial charge in [0.05, 0.1) is 11.2 Å². The number of fused-ring (bicyclic) bond motifs is 1. The number of hydrogen-bond acceptors (Lipinski definition) is 5. The quantitative estimate of drug-likeness (QED) is 0.388. The Kier molecular flexibility index (Phi) is 7.11. The minimum absolute atomic E-state index is 0.0160. The molecule has 1 fully saturated rings. The van der Waals surface area contributed by atoms with Crippen LogP contribution in [0.15, 0.2) is 72.8 Å². The Morgan fingerprint density at radius 2 is 1.70 bits per heavy atom. The van der Waals surface area contributed by atoms with Crippen molar-refractivity contribution in [2.24, 2.45) is 0 Å². The summed E-state index contributed by atoms with van der Waals surface area (Å²) in [6.45, 7) is -0.250. The number of phenolic OH excluding ortho intramolecular Hbond substituents is 1. The molecular weight excluding hydrogens is 473 g/mol. The van der Waals surface area contributed by atoms with E-state index < -0.39 is 23.7 Å². The van der Waals surface area contributed by atoms with Crippen molar-refractivity contribution >= 4 is 28.5 Å². The van der Waals surface area contributed by atoms with E-state index in [1.165, 1.54) is 39.9 Å². The second kappa shape index (κ2) is 10.8. The van der Waals surface area contributed by atoms with E-state index in [9.17, 15) is 14.7 Å². The number of hydrogen-bond donors (Lipinski definition) is 2. The van der Waals surface area contributed by atoms with Gasteiger partial charge in [0, 0.05) is 6.04 Å². The fourth-order valence-corrected chi connectivity index (χ4v) is 4.90. The summed E-state index contributed by atoms with van der Waals surface area (Å²) in [5, 5.41) is 21.2. The van der Waals surface area contributed by atoms with Crippen molar-refractivity contribution in [1.29, 1.82) is 0 Å². The minimum atomic E-state index is -1.17. The lowest BCUT2D eigenvalue weighted by Crippen LogP contribution is -2.48. The molecule has 9 heteroatoms. The smallest absolute Gasteiger partial charge is 0.249 e. The molecule has 0 radical (unpaired) electrons. The molecule has 190 valence electrons. The van der Waals surface area contributed by atoms with Crippen molar-refractivity contribution in [2.45, 2.75) is 50.7 Å². The number of nitrogens with zero attached hydrogens (tertiary/aromatic N) is 4. The summed E-state index contributed by atoms with van der Waals surface area (Å²) in [4.78, 5) is 28.9. The number of para-hydroxylation sites is 2. The Bertz CT molecular complexity index is 1400. The van der Waals surface area contributed by atoms with Crippen LogP contribution >= 0.6 is 0 Å². The minimum Gasteiger partial charge on any atom is -0.508 e. The molecule has 1 aliphatic rings. The molecule has 37 heavy (non-hydrogen) atoms. The molecule has 0 aliphatic heterocycles. The van der Waals surface area contributed by atoms with Crippen LogP contribution in [0.25, 0.3) is 11.0 Å². The van der Waals surface area contributed by atoms with Crippen molar-refractivity contribution < 1.29 is 19.1 Å². The van der Waals surface area contributed by atoms with Crippen LogP contribution in [0.5, 0.6) is 5.75 Å². The second-order valence-electron chi connectivity index (χ2n) is 9.29. The molecule has 2 amide bonds. The van der Waals surface area contributed by atoms with E-state index in [1.54, 1.807) is 30.3 Å². The number of benzene rings is 3. The molecule has 4 aromatic rings. The predicted octanol–water partition coefficient (Wildman–Crippen LogP) is 4.50. The summed E-state index contributed by atoms with van der Waals surface area (Å²) in [6.07, 6.45) is 4.87. The standard InChI is InChI=1S/C28H28FN5O3/c29-22-10-4-6-12-24(22)34(26(36)18-33-25-13-7-5-11-23(25)31-32-33)27(19-14-16-21(35)17-15-19)28(37)30-20-8-2-1-3-9-20/h4-7,10-17,20,27,35H,1-3,8-9,18H2,(H,30,37)/t27-/m1/s1. The van der Waals surface area contributed by atoms with Gasteiger partial charge in [-0.3, -0.25) is 14.5 Å². The Balaban J connectivity index is 1.57. The van der Waals surface area contributed by atoms with Gasteiger partial charge in [0.1, 0.15) is 29.7 Å². The molecule has 1 aliphatic carbocycles. The van der Waals surface area contributed by atoms with E-state index in [0.717, 1.165) is 32.1 Å². The molecule has 2 N–H and O–H groups in total. The number of anilines is 1. The Morgan fingerprint density at radius 3 is 2.46 bits per heavy atom. The van der Waals surface area contributed by atoms with Crippen molar-refractivity contribution in [3.05, 3.63) is 84.2 Å². The highest BCUT2D eigenvalue weighted by Crippen LogP contribution is 2.32. The first-order valence-electron chi connectivity index (χ1n) is 12.5. The number of carbonyl (C=O) groups is 2. The third-order valence-electron chi connectivity index (χ3n) is 6.75. The number of nitrogens with one attached hydrogen (secondary N) is 1. The van der Waals surface area contributed by atoms with Gasteiger partial charge in [0.25, 0.3) is 0 Å². The molecule has 0 unspecified atom stereocenters. The van der Waals surface area contributed by atoms with Crippen LogP contribution in [0.1, 0.15) is 43.7 Å². The Labute approximate surface area is 213 Å². The highest BCUT2D eigenvalue weighted by atomic mass is 19.1. The van der Waals surface area contributed by atoms with Crippen molar-refractivity contribution in [3.63, 3.8) is 0 Å². The van der Waals surface area contributed by atoms with Crippen LogP contribution in [-0.4, -0.2) is 38.0 Å². The zero-order valence-electron chi connectivity index (χ0n) is 20.3. The van der Waals surface area contributed by atoms with E-state index >= 15 is 4.39 Å². The zero-order valence-corrected chi connectivity index (χ0v) is 20.3. The molecule has 8 nitrogen and oxygen atoms in total. The summed E-state index contributed by atoms with van der Waals surface area (Å²) in [6, 6.07) is 18.0. The number of halogens is 1. The van der Waals surface area contributed by atoms with Crippen molar-refractivity contribution in [2.75, 3.05) is 4.90 Å². The van der Waals surface area contributed by atoms with Crippen LogP contribution in [0.4, 0.5) is 10.1 Å². The molecule has 0 saturated heterocycles. The van der Waals surface area contributed by atoms with E-state index in [-0.39, 0.29) is 24.0 Å². The van der Waals surface area contributed by atoms with Gasteiger partial charge in [-0.15, -0.1) is 5.10 Å². The van der Waals surface area contributed by atoms with Crippen LogP contribution in [0.3, 0.4) is 0 Å². The second-order valence-corrected chi connectivity index (χ2v) is 9.29. The lowest BCUT2D eigenvalue weighted by atomic mass is 9.94. The normalized spacial score (nSPS) is 14.8. The van der Waals surface area contributed by atoms with Gasteiger partial charge in [-0.2, -0.15) is 0 Å². The maximum Gasteiger partial charge on any atom is 0.249 e. The molecule has 0 bridgehead atoms. The zero-order chi connectivity index (χ0) is 25.8. The van der Waals surface area contributed by atoms with Gasteiger partial charge in [-0.1, -0.05) is 60.9 Å². The maximum atomic E-state index is 15.2. The first-order valence-corrected chi connectivity index (χ1v) is 12.5.